The van der Waals surface area contributed by atoms with Crippen LogP contribution < -0.4 is 5.32 Å². The maximum absolute atomic E-state index is 12.7. The Labute approximate surface area is 169 Å². The first-order valence-corrected chi connectivity index (χ1v) is 10.00. The van der Waals surface area contributed by atoms with E-state index in [0.717, 1.165) is 38.0 Å². The number of aryl methyl sites for hydroxylation is 2. The molecule has 0 spiro atoms. The van der Waals surface area contributed by atoms with E-state index in [1.807, 2.05) is 40.9 Å². The molecule has 1 aromatic carbocycles. The van der Waals surface area contributed by atoms with Gasteiger partial charge in [0, 0.05) is 32.3 Å². The zero-order chi connectivity index (χ0) is 20.2. The van der Waals surface area contributed by atoms with Crippen LogP contribution >= 0.6 is 0 Å². The largest absolute Gasteiger partial charge is 0.359 e. The summed E-state index contributed by atoms with van der Waals surface area (Å²) >= 11 is 0. The van der Waals surface area contributed by atoms with Crippen molar-refractivity contribution >= 4 is 11.7 Å². The van der Waals surface area contributed by atoms with Gasteiger partial charge in [0.15, 0.2) is 5.76 Å². The summed E-state index contributed by atoms with van der Waals surface area (Å²) in [6.45, 7) is 5.83. The lowest BCUT2D eigenvalue weighted by Crippen LogP contribution is -2.43. The minimum atomic E-state index is -0.104. The van der Waals surface area contributed by atoms with E-state index in [9.17, 15) is 4.79 Å². The highest BCUT2D eigenvalue weighted by Crippen LogP contribution is 2.22. The first-order chi connectivity index (χ1) is 14.1. The van der Waals surface area contributed by atoms with Gasteiger partial charge in [0.25, 0.3) is 0 Å². The van der Waals surface area contributed by atoms with Gasteiger partial charge in [0.2, 0.25) is 0 Å². The van der Waals surface area contributed by atoms with Crippen molar-refractivity contribution in [3.05, 3.63) is 59.2 Å². The minimum absolute atomic E-state index is 0.104. The average Bonchev–Trinajstić information content (AvgIpc) is 3.30. The van der Waals surface area contributed by atoms with Gasteiger partial charge in [-0.05, 0) is 38.2 Å². The van der Waals surface area contributed by atoms with Crippen molar-refractivity contribution in [2.24, 2.45) is 5.92 Å². The van der Waals surface area contributed by atoms with Crippen molar-refractivity contribution < 1.29 is 9.32 Å². The number of urea groups is 1. The van der Waals surface area contributed by atoms with Crippen LogP contribution in [0.25, 0.3) is 0 Å². The van der Waals surface area contributed by atoms with Crippen LogP contribution in [0.5, 0.6) is 0 Å². The summed E-state index contributed by atoms with van der Waals surface area (Å²) in [6, 6.07) is 10.2. The summed E-state index contributed by atoms with van der Waals surface area (Å²) in [5.74, 6) is 0.975. The Morgan fingerprint density at radius 2 is 2.10 bits per heavy atom. The molecule has 29 heavy (non-hydrogen) atoms. The molecule has 0 unspecified atom stereocenters. The van der Waals surface area contributed by atoms with E-state index in [-0.39, 0.29) is 6.03 Å². The smallest absolute Gasteiger partial charge is 0.322 e. The first kappa shape index (κ1) is 19.2. The molecule has 2 amide bonds. The van der Waals surface area contributed by atoms with Crippen molar-refractivity contribution in [2.75, 3.05) is 18.4 Å². The maximum atomic E-state index is 12.7. The standard InChI is InChI=1S/C21H26N6O2/c1-15-20(16(2)29-24-15)22-21(28)26-10-6-9-18(12-26)13-27-14-19(23-25-27)11-17-7-4-3-5-8-17/h3-5,7-8,14,18H,6,9-13H2,1-2H3,(H,22,28)/t18-/m1/s1. The Bertz CT molecular complexity index is 945. The number of nitrogens with one attached hydrogen (secondary N) is 1. The summed E-state index contributed by atoms with van der Waals surface area (Å²) in [4.78, 5) is 14.5. The highest BCUT2D eigenvalue weighted by molar-refractivity contribution is 5.90. The molecule has 1 atom stereocenters. The third-order valence-electron chi connectivity index (χ3n) is 5.33. The summed E-state index contributed by atoms with van der Waals surface area (Å²) in [5, 5.41) is 15.4. The lowest BCUT2D eigenvalue weighted by molar-refractivity contribution is 0.168. The van der Waals surface area contributed by atoms with Gasteiger partial charge >= 0.3 is 6.03 Å². The molecule has 3 aromatic rings. The molecule has 152 valence electrons. The topological polar surface area (TPSA) is 89.1 Å². The number of piperidine rings is 1. The van der Waals surface area contributed by atoms with Crippen molar-refractivity contribution in [1.29, 1.82) is 0 Å². The molecular weight excluding hydrogens is 368 g/mol. The van der Waals surface area contributed by atoms with Crippen LogP contribution in [0.2, 0.25) is 0 Å². The third-order valence-corrected chi connectivity index (χ3v) is 5.33. The highest BCUT2D eigenvalue weighted by Gasteiger charge is 2.25. The molecule has 8 nitrogen and oxygen atoms in total. The fraction of sp³-hybridized carbons (Fsp3) is 0.429. The number of likely N-dealkylation sites (tertiary alicyclic amines) is 1. The number of aromatic nitrogens is 4. The maximum Gasteiger partial charge on any atom is 0.322 e. The van der Waals surface area contributed by atoms with Gasteiger partial charge in [-0.25, -0.2) is 4.79 Å². The Hall–Kier alpha value is -3.16. The lowest BCUT2D eigenvalue weighted by atomic mass is 9.98. The van der Waals surface area contributed by atoms with Crippen molar-refractivity contribution in [1.82, 2.24) is 25.1 Å². The third kappa shape index (κ3) is 4.64. The Balaban J connectivity index is 1.33. The van der Waals surface area contributed by atoms with E-state index in [0.29, 0.717) is 29.6 Å². The number of carbonyl (C=O) groups is 1. The molecule has 1 aliphatic heterocycles. The summed E-state index contributed by atoms with van der Waals surface area (Å²) < 4.78 is 7.03. The van der Waals surface area contributed by atoms with Gasteiger partial charge in [-0.3, -0.25) is 4.68 Å². The van der Waals surface area contributed by atoms with E-state index in [4.69, 9.17) is 4.52 Å². The van der Waals surface area contributed by atoms with E-state index in [1.54, 1.807) is 6.92 Å². The second-order valence-electron chi connectivity index (χ2n) is 7.68. The zero-order valence-electron chi connectivity index (χ0n) is 16.8. The van der Waals surface area contributed by atoms with Crippen LogP contribution in [-0.4, -0.2) is 44.2 Å². The lowest BCUT2D eigenvalue weighted by Gasteiger charge is -2.32. The van der Waals surface area contributed by atoms with E-state index in [1.165, 1.54) is 5.56 Å². The highest BCUT2D eigenvalue weighted by atomic mass is 16.5. The molecule has 2 aromatic heterocycles. The Kier molecular flexibility index (Phi) is 5.59. The summed E-state index contributed by atoms with van der Waals surface area (Å²) in [7, 11) is 0. The molecule has 1 N–H and O–H groups in total. The fourth-order valence-electron chi connectivity index (χ4n) is 3.82. The monoisotopic (exact) mass is 394 g/mol. The molecule has 0 radical (unpaired) electrons. The van der Waals surface area contributed by atoms with Gasteiger partial charge in [-0.2, -0.15) is 0 Å². The number of carbonyl (C=O) groups excluding carboxylic acids is 1. The summed E-state index contributed by atoms with van der Waals surface area (Å²) in [6.07, 6.45) is 4.83. The molecule has 0 bridgehead atoms. The SMILES string of the molecule is Cc1noc(C)c1NC(=O)N1CCC[C@@H](Cn2cc(Cc3ccccc3)nn2)C1. The fourth-order valence-corrected chi connectivity index (χ4v) is 3.82. The molecule has 0 saturated carbocycles. The summed E-state index contributed by atoms with van der Waals surface area (Å²) in [5.41, 5.74) is 3.54. The predicted octanol–water partition coefficient (Wildman–Crippen LogP) is 3.42. The molecule has 8 heteroatoms. The van der Waals surface area contributed by atoms with Crippen LogP contribution in [0.1, 0.15) is 35.6 Å². The van der Waals surface area contributed by atoms with Gasteiger partial charge < -0.3 is 14.7 Å². The number of nitrogens with zero attached hydrogens (tertiary/aromatic N) is 5. The zero-order valence-corrected chi connectivity index (χ0v) is 16.8. The van der Waals surface area contributed by atoms with Gasteiger partial charge in [-0.15, -0.1) is 5.10 Å². The number of benzene rings is 1. The second-order valence-corrected chi connectivity index (χ2v) is 7.68. The van der Waals surface area contributed by atoms with Crippen molar-refractivity contribution in [3.8, 4) is 0 Å². The Morgan fingerprint density at radius 3 is 2.86 bits per heavy atom. The van der Waals surface area contributed by atoms with Gasteiger partial charge in [0.1, 0.15) is 11.4 Å². The second kappa shape index (κ2) is 8.46. The molecule has 3 heterocycles. The number of rotatable bonds is 5. The number of amides is 2. The average molecular weight is 394 g/mol. The molecule has 4 rings (SSSR count). The predicted molar refractivity (Wildman–Crippen MR) is 109 cm³/mol. The van der Waals surface area contributed by atoms with Crippen LogP contribution in [0.4, 0.5) is 10.5 Å². The minimum Gasteiger partial charge on any atom is -0.359 e. The van der Waals surface area contributed by atoms with Crippen LogP contribution in [0.3, 0.4) is 0 Å². The van der Waals surface area contributed by atoms with Crippen molar-refractivity contribution in [2.45, 2.75) is 39.7 Å². The normalized spacial score (nSPS) is 16.8. The molecule has 0 aliphatic carbocycles. The molecule has 1 fully saturated rings. The number of anilines is 1. The van der Waals surface area contributed by atoms with Crippen LogP contribution in [0, 0.1) is 19.8 Å². The number of hydrogen-bond donors (Lipinski definition) is 1. The quantitative estimate of drug-likeness (QED) is 0.716. The van der Waals surface area contributed by atoms with Crippen molar-refractivity contribution in [3.63, 3.8) is 0 Å². The first-order valence-electron chi connectivity index (χ1n) is 10.00. The van der Waals surface area contributed by atoms with E-state index >= 15 is 0 Å². The molecule has 1 aliphatic rings. The van der Waals surface area contributed by atoms with Gasteiger partial charge in [0.05, 0.1) is 5.69 Å². The molecular formula is C21H26N6O2. The van der Waals surface area contributed by atoms with Crippen LogP contribution in [0.15, 0.2) is 41.1 Å². The van der Waals surface area contributed by atoms with Gasteiger partial charge in [-0.1, -0.05) is 40.7 Å². The van der Waals surface area contributed by atoms with E-state index in [2.05, 4.69) is 32.9 Å². The Morgan fingerprint density at radius 1 is 1.28 bits per heavy atom. The van der Waals surface area contributed by atoms with Crippen LogP contribution in [-0.2, 0) is 13.0 Å². The van der Waals surface area contributed by atoms with E-state index < -0.39 is 0 Å². The number of hydrogen-bond acceptors (Lipinski definition) is 5. The molecule has 1 saturated heterocycles.